The lowest BCUT2D eigenvalue weighted by atomic mass is 10.0. The summed E-state index contributed by atoms with van der Waals surface area (Å²) >= 11 is 1.61. The molecule has 0 radical (unpaired) electrons. The number of likely N-dealkylation sites (N-methyl/N-ethyl adjacent to an activating group) is 1. The summed E-state index contributed by atoms with van der Waals surface area (Å²) in [7, 11) is 3.96. The van der Waals surface area contributed by atoms with Crippen molar-refractivity contribution in [3.05, 3.63) is 35.4 Å². The van der Waals surface area contributed by atoms with Crippen molar-refractivity contribution in [3.8, 4) is 0 Å². The van der Waals surface area contributed by atoms with E-state index >= 15 is 0 Å². The van der Waals surface area contributed by atoms with Gasteiger partial charge in [-0.25, -0.2) is 0 Å². The molecule has 6 heteroatoms. The van der Waals surface area contributed by atoms with Gasteiger partial charge in [-0.2, -0.15) is 0 Å². The van der Waals surface area contributed by atoms with Gasteiger partial charge in [-0.3, -0.25) is 9.59 Å². The van der Waals surface area contributed by atoms with Crippen LogP contribution in [0.1, 0.15) is 36.8 Å². The number of carbonyl (C=O) groups is 2. The van der Waals surface area contributed by atoms with Gasteiger partial charge in [-0.15, -0.1) is 11.8 Å². The van der Waals surface area contributed by atoms with Crippen molar-refractivity contribution in [3.63, 3.8) is 0 Å². The van der Waals surface area contributed by atoms with Crippen LogP contribution in [-0.2, 0) is 9.59 Å². The average Bonchev–Trinajstić information content (AvgIpc) is 2.93. The second kappa shape index (κ2) is 9.42. The van der Waals surface area contributed by atoms with Crippen molar-refractivity contribution in [2.45, 2.75) is 38.6 Å². The largest absolute Gasteiger partial charge is 0.353 e. The molecular weight excluding hydrogens is 346 g/mol. The van der Waals surface area contributed by atoms with Crippen LogP contribution < -0.4 is 5.32 Å². The van der Waals surface area contributed by atoms with E-state index in [0.29, 0.717) is 24.6 Å². The van der Waals surface area contributed by atoms with Crippen molar-refractivity contribution in [2.24, 2.45) is 5.92 Å². The Hall–Kier alpha value is -1.53. The number of aryl methyl sites for hydroxylation is 1. The third kappa shape index (κ3) is 5.48. The molecular formula is C20H31N3O2S. The first kappa shape index (κ1) is 20.8. The Morgan fingerprint density at radius 3 is 2.73 bits per heavy atom. The monoisotopic (exact) mass is 377 g/mol. The summed E-state index contributed by atoms with van der Waals surface area (Å²) in [5.74, 6) is 0.762. The fourth-order valence-corrected chi connectivity index (χ4v) is 4.38. The molecule has 1 aliphatic rings. The number of thioether (sulfide) groups is 1. The van der Waals surface area contributed by atoms with Gasteiger partial charge in [0, 0.05) is 13.1 Å². The smallest absolute Gasteiger partial charge is 0.242 e. The number of hydrogen-bond acceptors (Lipinski definition) is 4. The fourth-order valence-electron chi connectivity index (χ4n) is 3.17. The van der Waals surface area contributed by atoms with Crippen molar-refractivity contribution in [1.29, 1.82) is 0 Å². The summed E-state index contributed by atoms with van der Waals surface area (Å²) in [5, 5.41) is 2.92. The first-order valence-corrected chi connectivity index (χ1v) is 10.3. The SMILES string of the molecule is Cc1cccc([C@@H]2SCC(=O)N2[C@@H](CC(C)C)C(=O)NCCN(C)C)c1. The van der Waals surface area contributed by atoms with Crippen LogP contribution in [0, 0.1) is 12.8 Å². The van der Waals surface area contributed by atoms with E-state index < -0.39 is 6.04 Å². The van der Waals surface area contributed by atoms with E-state index in [2.05, 4.69) is 38.2 Å². The van der Waals surface area contributed by atoms with E-state index in [4.69, 9.17) is 0 Å². The quantitative estimate of drug-likeness (QED) is 0.757. The molecule has 0 unspecified atom stereocenters. The Morgan fingerprint density at radius 2 is 2.12 bits per heavy atom. The van der Waals surface area contributed by atoms with Crippen LogP contribution in [0.15, 0.2) is 24.3 Å². The number of hydrogen-bond donors (Lipinski definition) is 1. The first-order chi connectivity index (χ1) is 12.3. The summed E-state index contributed by atoms with van der Waals surface area (Å²) in [5.41, 5.74) is 2.26. The molecule has 5 nitrogen and oxygen atoms in total. The summed E-state index contributed by atoms with van der Waals surface area (Å²) in [6.07, 6.45) is 0.669. The molecule has 1 N–H and O–H groups in total. The molecule has 1 fully saturated rings. The highest BCUT2D eigenvalue weighted by Crippen LogP contribution is 2.41. The van der Waals surface area contributed by atoms with Crippen molar-refractivity contribution in [1.82, 2.24) is 15.1 Å². The van der Waals surface area contributed by atoms with E-state index in [0.717, 1.165) is 12.1 Å². The molecule has 0 spiro atoms. The maximum absolute atomic E-state index is 12.9. The van der Waals surface area contributed by atoms with Crippen LogP contribution in [-0.4, -0.2) is 60.6 Å². The lowest BCUT2D eigenvalue weighted by Crippen LogP contribution is -2.50. The van der Waals surface area contributed by atoms with Crippen molar-refractivity contribution >= 4 is 23.6 Å². The lowest BCUT2D eigenvalue weighted by Gasteiger charge is -2.33. The highest BCUT2D eigenvalue weighted by atomic mass is 32.2. The predicted molar refractivity (Wildman–Crippen MR) is 108 cm³/mol. The molecule has 2 rings (SSSR count). The van der Waals surface area contributed by atoms with Gasteiger partial charge in [0.15, 0.2) is 0 Å². The normalized spacial score (nSPS) is 18.7. The van der Waals surface area contributed by atoms with Gasteiger partial charge in [0.1, 0.15) is 11.4 Å². The van der Waals surface area contributed by atoms with Gasteiger partial charge in [0.2, 0.25) is 11.8 Å². The highest BCUT2D eigenvalue weighted by molar-refractivity contribution is 8.00. The Labute approximate surface area is 161 Å². The van der Waals surface area contributed by atoms with Crippen LogP contribution in [0.3, 0.4) is 0 Å². The minimum absolute atomic E-state index is 0.0472. The molecule has 0 aromatic heterocycles. The number of benzene rings is 1. The second-order valence-corrected chi connectivity index (χ2v) is 8.69. The van der Waals surface area contributed by atoms with Gasteiger partial charge < -0.3 is 15.1 Å². The maximum atomic E-state index is 12.9. The summed E-state index contributed by atoms with van der Waals surface area (Å²) in [6.45, 7) is 7.61. The van der Waals surface area contributed by atoms with Gasteiger partial charge in [-0.1, -0.05) is 43.7 Å². The molecule has 0 aliphatic carbocycles. The van der Waals surface area contributed by atoms with Crippen molar-refractivity contribution in [2.75, 3.05) is 32.9 Å². The van der Waals surface area contributed by atoms with Crippen LogP contribution in [0.2, 0.25) is 0 Å². The average molecular weight is 378 g/mol. The first-order valence-electron chi connectivity index (χ1n) is 9.21. The Morgan fingerprint density at radius 1 is 1.38 bits per heavy atom. The van der Waals surface area contributed by atoms with E-state index in [1.54, 1.807) is 11.8 Å². The number of carbonyl (C=O) groups excluding carboxylic acids is 2. The van der Waals surface area contributed by atoms with E-state index in [1.807, 2.05) is 36.0 Å². The molecule has 2 atom stereocenters. The molecule has 0 saturated carbocycles. The molecule has 26 heavy (non-hydrogen) atoms. The number of nitrogens with zero attached hydrogens (tertiary/aromatic N) is 2. The predicted octanol–water partition coefficient (Wildman–Crippen LogP) is 2.66. The second-order valence-electron chi connectivity index (χ2n) is 7.62. The van der Waals surface area contributed by atoms with Crippen molar-refractivity contribution < 1.29 is 9.59 Å². The van der Waals surface area contributed by atoms with E-state index in [1.165, 1.54) is 5.56 Å². The Balaban J connectivity index is 2.22. The number of nitrogens with one attached hydrogen (secondary N) is 1. The Bertz CT molecular complexity index is 633. The highest BCUT2D eigenvalue weighted by Gasteiger charge is 2.40. The number of amides is 2. The molecule has 2 amide bonds. The van der Waals surface area contributed by atoms with Crippen LogP contribution in [0.5, 0.6) is 0 Å². The third-order valence-electron chi connectivity index (χ3n) is 4.42. The summed E-state index contributed by atoms with van der Waals surface area (Å²) in [6, 6.07) is 7.80. The summed E-state index contributed by atoms with van der Waals surface area (Å²) in [4.78, 5) is 29.4. The molecule has 144 valence electrons. The summed E-state index contributed by atoms with van der Waals surface area (Å²) < 4.78 is 0. The van der Waals surface area contributed by atoms with E-state index in [-0.39, 0.29) is 17.2 Å². The standard InChI is InChI=1S/C20H31N3O2S/c1-14(2)11-17(19(25)21-9-10-22(4)5)23-18(24)13-26-20(23)16-8-6-7-15(3)12-16/h6-8,12,14,17,20H,9-11,13H2,1-5H3,(H,21,25)/t17-,20-/m0/s1. The molecule has 1 aromatic carbocycles. The zero-order valence-corrected chi connectivity index (χ0v) is 17.3. The molecule has 1 aromatic rings. The fraction of sp³-hybridized carbons (Fsp3) is 0.600. The topological polar surface area (TPSA) is 52.7 Å². The molecule has 1 aliphatic heterocycles. The molecule has 1 heterocycles. The zero-order valence-electron chi connectivity index (χ0n) is 16.5. The molecule has 1 saturated heterocycles. The van der Waals surface area contributed by atoms with Crippen LogP contribution in [0.25, 0.3) is 0 Å². The van der Waals surface area contributed by atoms with Crippen LogP contribution in [0.4, 0.5) is 0 Å². The minimum atomic E-state index is -0.426. The van der Waals surface area contributed by atoms with Crippen LogP contribution >= 0.6 is 11.8 Å². The third-order valence-corrected chi connectivity index (χ3v) is 5.65. The molecule has 0 bridgehead atoms. The van der Waals surface area contributed by atoms with Gasteiger partial charge in [-0.05, 0) is 38.9 Å². The maximum Gasteiger partial charge on any atom is 0.242 e. The van der Waals surface area contributed by atoms with Gasteiger partial charge >= 0.3 is 0 Å². The minimum Gasteiger partial charge on any atom is -0.353 e. The van der Waals surface area contributed by atoms with Gasteiger partial charge in [0.25, 0.3) is 0 Å². The van der Waals surface area contributed by atoms with Gasteiger partial charge in [0.05, 0.1) is 5.75 Å². The van der Waals surface area contributed by atoms with E-state index in [9.17, 15) is 9.59 Å². The number of rotatable bonds is 8. The Kier molecular flexibility index (Phi) is 7.53. The lowest BCUT2D eigenvalue weighted by molar-refractivity contribution is -0.139. The zero-order chi connectivity index (χ0) is 19.3.